The maximum Gasteiger partial charge on any atom is 0.178 e. The largest absolute Gasteiger partial charge is 0.331 e. The van der Waals surface area contributed by atoms with Gasteiger partial charge in [0.1, 0.15) is 5.82 Å². The van der Waals surface area contributed by atoms with Crippen LogP contribution in [0.2, 0.25) is 0 Å². The van der Waals surface area contributed by atoms with E-state index >= 15 is 0 Å². The lowest BCUT2D eigenvalue weighted by Gasteiger charge is -2.11. The number of benzene rings is 1. The molecule has 1 aromatic carbocycles. The number of nitrogens with zero attached hydrogens (tertiary/aromatic N) is 1. The van der Waals surface area contributed by atoms with E-state index < -0.39 is 9.84 Å². The number of imidazole rings is 1. The number of aromatic amines is 1. The molecule has 0 spiro atoms. The molecular weight excluding hydrogens is 402 g/mol. The number of H-pyrrole nitrogens is 1. The third-order valence-corrected chi connectivity index (χ3v) is 6.21. The number of aromatic nitrogens is 2. The first-order chi connectivity index (χ1) is 8.87. The molecule has 0 saturated carbocycles. The van der Waals surface area contributed by atoms with Crippen molar-refractivity contribution in [3.05, 3.63) is 26.3 Å². The van der Waals surface area contributed by atoms with Crippen LogP contribution in [0.5, 0.6) is 0 Å². The normalized spacial score (nSPS) is 22.1. The smallest absolute Gasteiger partial charge is 0.178 e. The standard InChI is InChI=1S/C11H10FIN2O2S2/c12-7-3-10-9(4-8(7)13)14-11(18)15(10)6-1-2-19(16,17)5-6/h3-4,6H,1-2,5H2,(H,14,18). The highest BCUT2D eigenvalue weighted by Gasteiger charge is 2.30. The molecule has 1 aliphatic rings. The maximum atomic E-state index is 13.7. The molecule has 1 atom stereocenters. The minimum atomic E-state index is -3.00. The van der Waals surface area contributed by atoms with Gasteiger partial charge in [-0.3, -0.25) is 0 Å². The van der Waals surface area contributed by atoms with Crippen LogP contribution in [-0.4, -0.2) is 29.5 Å². The Morgan fingerprint density at radius 1 is 1.47 bits per heavy atom. The number of hydrogen-bond donors (Lipinski definition) is 1. The highest BCUT2D eigenvalue weighted by atomic mass is 127. The van der Waals surface area contributed by atoms with E-state index in [0.29, 0.717) is 20.3 Å². The summed E-state index contributed by atoms with van der Waals surface area (Å²) in [6.07, 6.45) is 0.525. The molecule has 8 heteroatoms. The zero-order chi connectivity index (χ0) is 13.8. The Morgan fingerprint density at radius 3 is 2.84 bits per heavy atom. The summed E-state index contributed by atoms with van der Waals surface area (Å²) in [4.78, 5) is 3.01. The molecule has 3 rings (SSSR count). The molecule has 2 heterocycles. The predicted octanol–water partition coefficient (Wildman–Crippen LogP) is 2.80. The van der Waals surface area contributed by atoms with E-state index in [-0.39, 0.29) is 23.4 Å². The topological polar surface area (TPSA) is 54.9 Å². The Hall–Kier alpha value is -0.480. The molecule has 4 nitrogen and oxygen atoms in total. The summed E-state index contributed by atoms with van der Waals surface area (Å²) in [7, 11) is -3.00. The monoisotopic (exact) mass is 412 g/mol. The molecule has 1 N–H and O–H groups in total. The second-order valence-electron chi connectivity index (χ2n) is 4.64. The number of hydrogen-bond acceptors (Lipinski definition) is 3. The van der Waals surface area contributed by atoms with Crippen molar-refractivity contribution in [3.8, 4) is 0 Å². The second-order valence-corrected chi connectivity index (χ2v) is 8.42. The van der Waals surface area contributed by atoms with E-state index in [2.05, 4.69) is 4.98 Å². The van der Waals surface area contributed by atoms with Gasteiger partial charge in [-0.2, -0.15) is 0 Å². The Bertz CT molecular complexity index is 825. The molecule has 0 aliphatic carbocycles. The molecule has 2 aromatic rings. The molecule has 1 unspecified atom stereocenters. The van der Waals surface area contributed by atoms with Crippen LogP contribution in [0.4, 0.5) is 4.39 Å². The molecule has 19 heavy (non-hydrogen) atoms. The maximum absolute atomic E-state index is 13.7. The van der Waals surface area contributed by atoms with Crippen molar-refractivity contribution in [2.45, 2.75) is 12.5 Å². The van der Waals surface area contributed by atoms with Gasteiger partial charge in [-0.1, -0.05) is 0 Å². The minimum absolute atomic E-state index is 0.0713. The second kappa shape index (κ2) is 4.52. The highest BCUT2D eigenvalue weighted by Crippen LogP contribution is 2.29. The average molecular weight is 412 g/mol. The fourth-order valence-corrected chi connectivity index (χ4v) is 4.99. The van der Waals surface area contributed by atoms with Crippen molar-refractivity contribution in [2.75, 3.05) is 11.5 Å². The van der Waals surface area contributed by atoms with Gasteiger partial charge in [-0.15, -0.1) is 0 Å². The van der Waals surface area contributed by atoms with E-state index in [1.807, 2.05) is 22.6 Å². The third-order valence-electron chi connectivity index (χ3n) is 3.33. The Labute approximate surface area is 128 Å². The summed E-state index contributed by atoms with van der Waals surface area (Å²) < 4.78 is 39.5. The van der Waals surface area contributed by atoms with Crippen LogP contribution in [0.1, 0.15) is 12.5 Å². The van der Waals surface area contributed by atoms with Crippen LogP contribution >= 0.6 is 34.8 Å². The van der Waals surface area contributed by atoms with E-state index in [1.165, 1.54) is 6.07 Å². The zero-order valence-electron chi connectivity index (χ0n) is 9.69. The summed E-state index contributed by atoms with van der Waals surface area (Å²) in [5, 5.41) is 0. The van der Waals surface area contributed by atoms with Crippen LogP contribution in [0.25, 0.3) is 11.0 Å². The Morgan fingerprint density at radius 2 is 2.21 bits per heavy atom. The first kappa shape index (κ1) is 13.5. The van der Waals surface area contributed by atoms with Gasteiger partial charge in [0.2, 0.25) is 0 Å². The molecule has 1 saturated heterocycles. The molecule has 0 amide bonds. The molecule has 1 aromatic heterocycles. The number of nitrogens with one attached hydrogen (secondary N) is 1. The fourth-order valence-electron chi connectivity index (χ4n) is 2.46. The van der Waals surface area contributed by atoms with Gasteiger partial charge in [0.25, 0.3) is 0 Å². The summed E-state index contributed by atoms with van der Waals surface area (Å²) in [6.45, 7) is 0. The van der Waals surface area contributed by atoms with Crippen LogP contribution < -0.4 is 0 Å². The predicted molar refractivity (Wildman–Crippen MR) is 82.1 cm³/mol. The number of sulfone groups is 1. The first-order valence-electron chi connectivity index (χ1n) is 5.67. The van der Waals surface area contributed by atoms with Gasteiger partial charge in [-0.05, 0) is 47.3 Å². The van der Waals surface area contributed by atoms with Crippen LogP contribution in [0, 0.1) is 14.2 Å². The Kier molecular flexibility index (Phi) is 3.21. The summed E-state index contributed by atoms with van der Waals surface area (Å²) in [5.41, 5.74) is 1.37. The van der Waals surface area contributed by atoms with Crippen molar-refractivity contribution in [3.63, 3.8) is 0 Å². The van der Waals surface area contributed by atoms with E-state index in [0.717, 1.165) is 5.52 Å². The number of rotatable bonds is 1. The lowest BCUT2D eigenvalue weighted by Crippen LogP contribution is -2.11. The van der Waals surface area contributed by atoms with Crippen molar-refractivity contribution >= 4 is 55.7 Å². The SMILES string of the molecule is O=S1(=O)CCC(n2c(=S)[nH]c3cc(I)c(F)cc32)C1. The molecule has 0 bridgehead atoms. The number of halogens is 2. The fraction of sp³-hybridized carbons (Fsp3) is 0.364. The van der Waals surface area contributed by atoms with Gasteiger partial charge >= 0.3 is 0 Å². The van der Waals surface area contributed by atoms with Crippen molar-refractivity contribution < 1.29 is 12.8 Å². The van der Waals surface area contributed by atoms with E-state index in [1.54, 1.807) is 10.6 Å². The lowest BCUT2D eigenvalue weighted by molar-refractivity contribution is 0.561. The summed E-state index contributed by atoms with van der Waals surface area (Å²) in [5.74, 6) is -0.0856. The van der Waals surface area contributed by atoms with Crippen molar-refractivity contribution in [1.82, 2.24) is 9.55 Å². The molecular formula is C11H10FIN2O2S2. The molecule has 1 aliphatic heterocycles. The highest BCUT2D eigenvalue weighted by molar-refractivity contribution is 14.1. The quantitative estimate of drug-likeness (QED) is 0.579. The molecule has 0 radical (unpaired) electrons. The van der Waals surface area contributed by atoms with Crippen LogP contribution in [0.15, 0.2) is 12.1 Å². The molecule has 102 valence electrons. The summed E-state index contributed by atoms with van der Waals surface area (Å²) >= 11 is 7.15. The average Bonchev–Trinajstić information content (AvgIpc) is 2.79. The van der Waals surface area contributed by atoms with Crippen LogP contribution in [-0.2, 0) is 9.84 Å². The van der Waals surface area contributed by atoms with Gasteiger partial charge in [0, 0.05) is 6.07 Å². The van der Waals surface area contributed by atoms with Gasteiger partial charge < -0.3 is 9.55 Å². The zero-order valence-corrected chi connectivity index (χ0v) is 13.5. The van der Waals surface area contributed by atoms with Gasteiger partial charge in [0.05, 0.1) is 32.2 Å². The van der Waals surface area contributed by atoms with Crippen LogP contribution in [0.3, 0.4) is 0 Å². The van der Waals surface area contributed by atoms with E-state index in [4.69, 9.17) is 12.2 Å². The van der Waals surface area contributed by atoms with Gasteiger partial charge in [0.15, 0.2) is 14.6 Å². The van der Waals surface area contributed by atoms with Crippen molar-refractivity contribution in [1.29, 1.82) is 0 Å². The van der Waals surface area contributed by atoms with E-state index in [9.17, 15) is 12.8 Å². The summed E-state index contributed by atoms with van der Waals surface area (Å²) in [6, 6.07) is 2.89. The van der Waals surface area contributed by atoms with Crippen molar-refractivity contribution in [2.24, 2.45) is 0 Å². The Balaban J connectivity index is 2.22. The molecule has 1 fully saturated rings. The number of fused-ring (bicyclic) bond motifs is 1. The minimum Gasteiger partial charge on any atom is -0.331 e. The first-order valence-corrected chi connectivity index (χ1v) is 8.98. The van der Waals surface area contributed by atoms with Gasteiger partial charge in [-0.25, -0.2) is 12.8 Å². The third kappa shape index (κ3) is 2.33. The lowest BCUT2D eigenvalue weighted by atomic mass is 10.2.